The molecule has 518 valence electrons. The van der Waals surface area contributed by atoms with Crippen LogP contribution in [-0.2, 0) is 73.3 Å². The van der Waals surface area contributed by atoms with Gasteiger partial charge in [-0.3, -0.25) is 19.2 Å². The summed E-state index contributed by atoms with van der Waals surface area (Å²) in [5.41, 5.74) is 5.63. The normalized spacial score (nSPS) is 11.6. The summed E-state index contributed by atoms with van der Waals surface area (Å²) >= 11 is 0. The topological polar surface area (TPSA) is 237 Å². The van der Waals surface area contributed by atoms with Crippen LogP contribution in [0.2, 0.25) is 0 Å². The van der Waals surface area contributed by atoms with Crippen molar-refractivity contribution in [1.29, 1.82) is 0 Å². The molecule has 4 aromatic carbocycles. The van der Waals surface area contributed by atoms with E-state index in [1.807, 2.05) is 20.8 Å². The van der Waals surface area contributed by atoms with Crippen molar-refractivity contribution in [1.82, 2.24) is 0 Å². The van der Waals surface area contributed by atoms with Crippen molar-refractivity contribution in [2.75, 3.05) is 59.5 Å². The van der Waals surface area contributed by atoms with E-state index in [1.165, 1.54) is 20.8 Å². The van der Waals surface area contributed by atoms with Crippen LogP contribution in [-0.4, -0.2) is 112 Å². The Kier molecular flexibility index (Phi) is 33.3. The Morgan fingerprint density at radius 2 is 0.542 bits per heavy atom. The molecular weight excluding hydrogens is 1220 g/mol. The first-order valence-corrected chi connectivity index (χ1v) is 33.9. The lowest BCUT2D eigenvalue weighted by atomic mass is 9.86. The molecule has 0 spiro atoms. The minimum atomic E-state index is -0.841. The molecule has 0 N–H and O–H groups in total. The first-order chi connectivity index (χ1) is 46.1. The van der Waals surface area contributed by atoms with Gasteiger partial charge in [0.25, 0.3) is 0 Å². The van der Waals surface area contributed by atoms with E-state index in [2.05, 4.69) is 26.7 Å². The molecule has 18 nitrogen and oxygen atoms in total. The van der Waals surface area contributed by atoms with Crippen LogP contribution in [0.25, 0.3) is 0 Å². The summed E-state index contributed by atoms with van der Waals surface area (Å²) in [6.07, 6.45) is 11.6. The highest BCUT2D eigenvalue weighted by Gasteiger charge is 2.28. The van der Waals surface area contributed by atoms with E-state index in [0.717, 1.165) is 63.5 Å². The molecule has 0 radical (unpaired) electrons. The van der Waals surface area contributed by atoms with Crippen molar-refractivity contribution in [3.63, 3.8) is 0 Å². The Hall–Kier alpha value is -8.93. The third-order valence-corrected chi connectivity index (χ3v) is 15.8. The number of ether oxygens (including phenoxy) is 9. The molecule has 0 atom stereocenters. The van der Waals surface area contributed by atoms with Crippen LogP contribution in [0.4, 0.5) is 0 Å². The Morgan fingerprint density at radius 3 is 0.750 bits per heavy atom. The first kappa shape index (κ1) is 77.8. The SMILES string of the molecule is C=C(C)C(=O)OCCOc1c2cc(C(=O)CCCCC)cc1Cc1cc(C(=O)CCCCC)cc(c1OCCOC(=O)C(=C)C)Cc1cc(C(=O)CCCCC)cc(c1OCCOC(=O)C(=C)C)Cc1cc(C(=O)CCCCC)cc(c1OCCOC(=O)/C=C\C(=O)OCC)C2. The summed E-state index contributed by atoms with van der Waals surface area (Å²) in [7, 11) is 0. The van der Waals surface area contributed by atoms with Gasteiger partial charge in [-0.05, 0) is 146 Å². The third kappa shape index (κ3) is 25.0. The molecule has 96 heavy (non-hydrogen) atoms. The van der Waals surface area contributed by atoms with E-state index in [9.17, 15) is 43.2 Å². The molecule has 0 saturated heterocycles. The van der Waals surface area contributed by atoms with Crippen LogP contribution in [0.3, 0.4) is 0 Å². The lowest BCUT2D eigenvalue weighted by molar-refractivity contribution is -0.140. The number of unbranched alkanes of at least 4 members (excludes halogenated alkanes) is 8. The molecule has 0 heterocycles. The zero-order valence-corrected chi connectivity index (χ0v) is 57.7. The van der Waals surface area contributed by atoms with Crippen LogP contribution in [0.1, 0.15) is 244 Å². The highest BCUT2D eigenvalue weighted by Crippen LogP contribution is 2.42. The van der Waals surface area contributed by atoms with Crippen molar-refractivity contribution in [2.45, 2.75) is 184 Å². The molecular formula is C78H98O18. The predicted molar refractivity (Wildman–Crippen MR) is 367 cm³/mol. The Morgan fingerprint density at radius 1 is 0.323 bits per heavy atom. The summed E-state index contributed by atoms with van der Waals surface area (Å²) < 4.78 is 54.5. The lowest BCUT2D eigenvalue weighted by Crippen LogP contribution is -2.17. The predicted octanol–water partition coefficient (Wildman–Crippen LogP) is 15.0. The molecule has 0 fully saturated rings. The highest BCUT2D eigenvalue weighted by molar-refractivity contribution is 5.99. The van der Waals surface area contributed by atoms with Crippen LogP contribution >= 0.6 is 0 Å². The van der Waals surface area contributed by atoms with Gasteiger partial charge in [0.15, 0.2) is 23.1 Å². The van der Waals surface area contributed by atoms with Gasteiger partial charge < -0.3 is 42.6 Å². The number of ketones is 4. The summed E-state index contributed by atoms with van der Waals surface area (Å²) in [6.45, 7) is 24.0. The average molecular weight is 1320 g/mol. The maximum absolute atomic E-state index is 14.8. The Bertz CT molecular complexity index is 3310. The number of carbonyl (C=O) groups is 9. The van der Waals surface area contributed by atoms with Crippen LogP contribution in [0.15, 0.2) is 97.1 Å². The van der Waals surface area contributed by atoms with E-state index in [4.69, 9.17) is 42.6 Å². The number of hydrogen-bond acceptors (Lipinski definition) is 18. The molecule has 0 aromatic heterocycles. The zero-order chi connectivity index (χ0) is 70.1. The minimum Gasteiger partial charge on any atom is -0.489 e. The molecule has 0 aliphatic heterocycles. The van der Waals surface area contributed by atoms with E-state index in [1.54, 1.807) is 55.5 Å². The fraction of sp³-hybridized carbons (Fsp3) is 0.474. The van der Waals surface area contributed by atoms with Gasteiger partial charge in [0.05, 0.1) is 6.61 Å². The monoisotopic (exact) mass is 1320 g/mol. The summed E-state index contributed by atoms with van der Waals surface area (Å²) in [5.74, 6) is -2.96. The molecule has 0 amide bonds. The molecule has 4 aromatic rings. The van der Waals surface area contributed by atoms with Crippen molar-refractivity contribution >= 4 is 53.0 Å². The van der Waals surface area contributed by atoms with E-state index >= 15 is 0 Å². The van der Waals surface area contributed by atoms with Crippen LogP contribution in [0.5, 0.6) is 23.0 Å². The van der Waals surface area contributed by atoms with E-state index in [0.29, 0.717) is 98.2 Å². The van der Waals surface area contributed by atoms with Crippen molar-refractivity contribution in [3.8, 4) is 23.0 Å². The second-order valence-electron chi connectivity index (χ2n) is 24.1. The number of benzene rings is 4. The van der Waals surface area contributed by atoms with Gasteiger partial charge in [0, 0.05) is 102 Å². The molecule has 1 aliphatic rings. The van der Waals surface area contributed by atoms with E-state index < -0.39 is 29.8 Å². The zero-order valence-electron chi connectivity index (χ0n) is 57.7. The largest absolute Gasteiger partial charge is 0.489 e. The highest BCUT2D eigenvalue weighted by atomic mass is 16.6. The smallest absolute Gasteiger partial charge is 0.333 e. The van der Waals surface area contributed by atoms with Gasteiger partial charge in [-0.25, -0.2) is 24.0 Å². The summed E-state index contributed by atoms with van der Waals surface area (Å²) in [4.78, 5) is 123. The molecule has 0 unspecified atom stereocenters. The maximum Gasteiger partial charge on any atom is 0.333 e. The standard InChI is InChI=1S/C78H98O18/c1-12-17-21-25-66(79)54-39-58-47-60-41-55(67(80)26-22-18-13-2)43-62(73(60)91-33-36-94-76(85)51(6)7)49-64-45-57(69(82)28-24-20-15-4)46-65(75(64)93-35-38-96-78(87)53(10)11)50-63-44-56(68(81)27-23-19-14-3)42-61(74(63)92-34-37-95-77(86)52(8)9)48-59(40-54)72(58)90-32-31-89-71(84)30-29-70(83)88-16-5/h29-30,39-46H,6,8,10,12-28,31-38,47-50H2,1-5,7,9,11H3/b30-29-. The summed E-state index contributed by atoms with van der Waals surface area (Å²) in [5, 5.41) is 0. The number of Topliss-reactive ketones (excluding diaryl/α,β-unsaturated/α-hetero) is 4. The van der Waals surface area contributed by atoms with Crippen molar-refractivity contribution in [3.05, 3.63) is 164 Å². The lowest BCUT2D eigenvalue weighted by Gasteiger charge is -2.25. The van der Waals surface area contributed by atoms with Gasteiger partial charge >= 0.3 is 29.8 Å². The molecule has 18 heteroatoms. The van der Waals surface area contributed by atoms with Crippen molar-refractivity contribution < 1.29 is 85.8 Å². The minimum absolute atomic E-state index is 0.0485. The number of esters is 5. The van der Waals surface area contributed by atoms with Gasteiger partial charge in [0.1, 0.15) is 75.9 Å². The number of rotatable bonds is 42. The number of fused-ring (bicyclic) bond motifs is 8. The van der Waals surface area contributed by atoms with Crippen LogP contribution in [0, 0.1) is 0 Å². The molecule has 5 rings (SSSR count). The fourth-order valence-electron chi connectivity index (χ4n) is 10.9. The van der Waals surface area contributed by atoms with Crippen LogP contribution < -0.4 is 18.9 Å². The maximum atomic E-state index is 14.8. The van der Waals surface area contributed by atoms with Gasteiger partial charge in [-0.1, -0.05) is 98.8 Å². The first-order valence-electron chi connectivity index (χ1n) is 33.9. The van der Waals surface area contributed by atoms with Gasteiger partial charge in [0.2, 0.25) is 0 Å². The van der Waals surface area contributed by atoms with Crippen molar-refractivity contribution in [2.24, 2.45) is 0 Å². The van der Waals surface area contributed by atoms with Gasteiger partial charge in [-0.2, -0.15) is 0 Å². The third-order valence-electron chi connectivity index (χ3n) is 15.8. The second-order valence-corrected chi connectivity index (χ2v) is 24.1. The molecule has 0 saturated carbocycles. The molecule has 8 bridgehead atoms. The van der Waals surface area contributed by atoms with E-state index in [-0.39, 0.29) is 168 Å². The number of carbonyl (C=O) groups excluding carboxylic acids is 9. The molecule has 1 aliphatic carbocycles. The van der Waals surface area contributed by atoms with Gasteiger partial charge in [-0.15, -0.1) is 0 Å². The average Bonchev–Trinajstić information content (AvgIpc) is 0.774. The second kappa shape index (κ2) is 41.1. The summed E-state index contributed by atoms with van der Waals surface area (Å²) in [6, 6.07) is 14.1. The number of hydrogen-bond donors (Lipinski definition) is 0. The fourth-order valence-corrected chi connectivity index (χ4v) is 10.9. The Labute approximate surface area is 566 Å². The quantitative estimate of drug-likeness (QED) is 0.0116. The Balaban J connectivity index is 2.02.